The van der Waals surface area contributed by atoms with Gasteiger partial charge in [0.1, 0.15) is 0 Å². The van der Waals surface area contributed by atoms with Gasteiger partial charge in [-0.2, -0.15) is 0 Å². The molecule has 0 aliphatic heterocycles. The number of hydrogen-bond acceptors (Lipinski definition) is 4. The van der Waals surface area contributed by atoms with E-state index in [2.05, 4.69) is 12.2 Å². The van der Waals surface area contributed by atoms with Crippen LogP contribution in [0.2, 0.25) is 0 Å². The van der Waals surface area contributed by atoms with Gasteiger partial charge in [0, 0.05) is 38.5 Å². The van der Waals surface area contributed by atoms with Gasteiger partial charge in [0.05, 0.1) is 6.61 Å². The second kappa shape index (κ2) is 8.03. The normalized spacial score (nSPS) is 19.2. The molecule has 4 heteroatoms. The third-order valence-electron chi connectivity index (χ3n) is 3.13. The molecule has 0 saturated heterocycles. The Kier molecular flexibility index (Phi) is 7.04. The molecule has 0 amide bonds. The van der Waals surface area contributed by atoms with E-state index in [0.29, 0.717) is 6.04 Å². The summed E-state index contributed by atoms with van der Waals surface area (Å²) in [5.41, 5.74) is -0.128. The molecule has 0 aromatic rings. The van der Waals surface area contributed by atoms with Gasteiger partial charge >= 0.3 is 0 Å². The third kappa shape index (κ3) is 6.99. The van der Waals surface area contributed by atoms with Gasteiger partial charge in [-0.15, -0.1) is 0 Å². The van der Waals surface area contributed by atoms with E-state index < -0.39 is 0 Å². The summed E-state index contributed by atoms with van der Waals surface area (Å²) in [6, 6.07) is 0.634. The van der Waals surface area contributed by atoms with Gasteiger partial charge in [-0.3, -0.25) is 0 Å². The molecule has 0 radical (unpaired) electrons. The maximum Gasteiger partial charge on any atom is 0.0610 e. The zero-order chi connectivity index (χ0) is 12.6. The predicted molar refractivity (Wildman–Crippen MR) is 68.2 cm³/mol. The first-order valence-electron chi connectivity index (χ1n) is 6.65. The molecule has 1 rings (SSSR count). The molecule has 2 N–H and O–H groups in total. The quantitative estimate of drug-likeness (QED) is 0.539. The van der Waals surface area contributed by atoms with Crippen molar-refractivity contribution in [2.75, 3.05) is 33.5 Å². The van der Waals surface area contributed by atoms with Crippen molar-refractivity contribution in [2.45, 2.75) is 50.6 Å². The monoisotopic (exact) mass is 245 g/mol. The van der Waals surface area contributed by atoms with Crippen molar-refractivity contribution in [3.63, 3.8) is 0 Å². The van der Waals surface area contributed by atoms with E-state index in [-0.39, 0.29) is 12.1 Å². The molecule has 17 heavy (non-hydrogen) atoms. The number of aliphatic hydroxyl groups excluding tert-OH is 1. The standard InChI is InChI=1S/C13H27NO3/c1-13(11-15,14-12-5-6-12)7-3-9-17-10-4-8-16-2/h12,14-15H,3-11H2,1-2H3. The highest BCUT2D eigenvalue weighted by Crippen LogP contribution is 2.24. The van der Waals surface area contributed by atoms with Crippen molar-refractivity contribution in [1.29, 1.82) is 0 Å². The van der Waals surface area contributed by atoms with Gasteiger partial charge in [-0.25, -0.2) is 0 Å². The summed E-state index contributed by atoms with van der Waals surface area (Å²) in [5, 5.41) is 12.9. The molecule has 1 fully saturated rings. The SMILES string of the molecule is COCCCOCCCC(C)(CO)NC1CC1. The average Bonchev–Trinajstić information content (AvgIpc) is 3.12. The van der Waals surface area contributed by atoms with Crippen molar-refractivity contribution >= 4 is 0 Å². The van der Waals surface area contributed by atoms with E-state index in [4.69, 9.17) is 9.47 Å². The smallest absolute Gasteiger partial charge is 0.0610 e. The molecule has 0 spiro atoms. The lowest BCUT2D eigenvalue weighted by Crippen LogP contribution is -2.47. The fraction of sp³-hybridized carbons (Fsp3) is 1.00. The highest BCUT2D eigenvalue weighted by molar-refractivity contribution is 4.92. The summed E-state index contributed by atoms with van der Waals surface area (Å²) < 4.78 is 10.5. The van der Waals surface area contributed by atoms with Crippen LogP contribution in [0.4, 0.5) is 0 Å². The van der Waals surface area contributed by atoms with Crippen LogP contribution in [0.3, 0.4) is 0 Å². The fourth-order valence-electron chi connectivity index (χ4n) is 1.89. The van der Waals surface area contributed by atoms with Gasteiger partial charge in [0.2, 0.25) is 0 Å². The molecule has 0 bridgehead atoms. The Labute approximate surface area is 105 Å². The van der Waals surface area contributed by atoms with E-state index in [9.17, 15) is 5.11 Å². The molecule has 1 aliphatic rings. The zero-order valence-electron chi connectivity index (χ0n) is 11.2. The molecule has 102 valence electrons. The summed E-state index contributed by atoms with van der Waals surface area (Å²) in [6.45, 7) is 4.59. The predicted octanol–water partition coefficient (Wildman–Crippen LogP) is 1.32. The van der Waals surface area contributed by atoms with Crippen molar-refractivity contribution in [3.05, 3.63) is 0 Å². The lowest BCUT2D eigenvalue weighted by Gasteiger charge is -2.29. The van der Waals surface area contributed by atoms with Gasteiger partial charge in [-0.05, 0) is 39.0 Å². The molecule has 0 heterocycles. The average molecular weight is 245 g/mol. The molecular weight excluding hydrogens is 218 g/mol. The Bertz CT molecular complexity index is 197. The van der Waals surface area contributed by atoms with Crippen LogP contribution in [-0.4, -0.2) is 50.2 Å². The molecule has 1 atom stereocenters. The largest absolute Gasteiger partial charge is 0.394 e. The second-order valence-corrected chi connectivity index (χ2v) is 5.20. The van der Waals surface area contributed by atoms with Crippen molar-refractivity contribution in [2.24, 2.45) is 0 Å². The second-order valence-electron chi connectivity index (χ2n) is 5.20. The first-order valence-corrected chi connectivity index (χ1v) is 6.65. The van der Waals surface area contributed by atoms with E-state index in [1.807, 2.05) is 0 Å². The lowest BCUT2D eigenvalue weighted by atomic mass is 9.97. The highest BCUT2D eigenvalue weighted by atomic mass is 16.5. The summed E-state index contributed by atoms with van der Waals surface area (Å²) >= 11 is 0. The summed E-state index contributed by atoms with van der Waals surface area (Å²) in [5.74, 6) is 0. The number of hydrogen-bond donors (Lipinski definition) is 2. The van der Waals surface area contributed by atoms with Crippen molar-refractivity contribution in [1.82, 2.24) is 5.32 Å². The van der Waals surface area contributed by atoms with Crippen molar-refractivity contribution in [3.8, 4) is 0 Å². The minimum atomic E-state index is -0.128. The van der Waals surface area contributed by atoms with E-state index in [1.165, 1.54) is 12.8 Å². The van der Waals surface area contributed by atoms with Crippen LogP contribution in [0.25, 0.3) is 0 Å². The topological polar surface area (TPSA) is 50.7 Å². The van der Waals surface area contributed by atoms with E-state index >= 15 is 0 Å². The van der Waals surface area contributed by atoms with Gasteiger partial charge in [0.25, 0.3) is 0 Å². The summed E-state index contributed by atoms with van der Waals surface area (Å²) in [6.07, 6.45) is 5.41. The van der Waals surface area contributed by atoms with Crippen LogP contribution in [0.1, 0.15) is 39.0 Å². The number of nitrogens with one attached hydrogen (secondary N) is 1. The Morgan fingerprint density at radius 3 is 2.53 bits per heavy atom. The van der Waals surface area contributed by atoms with Crippen LogP contribution >= 0.6 is 0 Å². The molecule has 0 aromatic carbocycles. The number of rotatable bonds is 11. The first-order chi connectivity index (χ1) is 8.20. The number of aliphatic hydroxyl groups is 1. The minimum Gasteiger partial charge on any atom is -0.394 e. The summed E-state index contributed by atoms with van der Waals surface area (Å²) in [4.78, 5) is 0. The van der Waals surface area contributed by atoms with Crippen LogP contribution in [-0.2, 0) is 9.47 Å². The van der Waals surface area contributed by atoms with Gasteiger partial charge in [0.15, 0.2) is 0 Å². The fourth-order valence-corrected chi connectivity index (χ4v) is 1.89. The zero-order valence-corrected chi connectivity index (χ0v) is 11.2. The Morgan fingerprint density at radius 2 is 1.94 bits per heavy atom. The van der Waals surface area contributed by atoms with Crippen LogP contribution < -0.4 is 5.32 Å². The molecule has 1 unspecified atom stereocenters. The van der Waals surface area contributed by atoms with E-state index in [1.54, 1.807) is 7.11 Å². The van der Waals surface area contributed by atoms with Crippen LogP contribution in [0.15, 0.2) is 0 Å². The molecular formula is C13H27NO3. The Morgan fingerprint density at radius 1 is 1.24 bits per heavy atom. The summed E-state index contributed by atoms with van der Waals surface area (Å²) in [7, 11) is 1.70. The molecule has 0 aromatic heterocycles. The van der Waals surface area contributed by atoms with Crippen molar-refractivity contribution < 1.29 is 14.6 Å². The van der Waals surface area contributed by atoms with E-state index in [0.717, 1.165) is 39.1 Å². The highest BCUT2D eigenvalue weighted by Gasteiger charge is 2.31. The molecule has 4 nitrogen and oxygen atoms in total. The first kappa shape index (κ1) is 14.9. The Hall–Kier alpha value is -0.160. The number of ether oxygens (including phenoxy) is 2. The minimum absolute atomic E-state index is 0.128. The van der Waals surface area contributed by atoms with Gasteiger partial charge < -0.3 is 19.9 Å². The molecule has 1 aliphatic carbocycles. The number of methoxy groups -OCH3 is 1. The maximum atomic E-state index is 9.41. The molecule has 1 saturated carbocycles. The lowest BCUT2D eigenvalue weighted by molar-refractivity contribution is 0.0898. The Balaban J connectivity index is 1.98. The van der Waals surface area contributed by atoms with Crippen LogP contribution in [0, 0.1) is 0 Å². The van der Waals surface area contributed by atoms with Gasteiger partial charge in [-0.1, -0.05) is 0 Å². The maximum absolute atomic E-state index is 9.41. The third-order valence-corrected chi connectivity index (χ3v) is 3.13. The van der Waals surface area contributed by atoms with Crippen LogP contribution in [0.5, 0.6) is 0 Å².